The summed E-state index contributed by atoms with van der Waals surface area (Å²) in [7, 11) is 0. The first-order valence-electron chi connectivity index (χ1n) is 15.3. The number of nitrogens with zero attached hydrogens (tertiary/aromatic N) is 4. The first kappa shape index (κ1) is 39.7. The Hall–Kier alpha value is -6.04. The van der Waals surface area contributed by atoms with E-state index in [2.05, 4.69) is 25.9 Å². The van der Waals surface area contributed by atoms with Crippen LogP contribution < -0.4 is 4.74 Å². The summed E-state index contributed by atoms with van der Waals surface area (Å²) < 4.78 is 10.4. The number of halogens is 1. The van der Waals surface area contributed by atoms with Gasteiger partial charge in [-0.3, -0.25) is 20.2 Å². The Morgan fingerprint density at radius 1 is 0.755 bits per heavy atom. The minimum absolute atomic E-state index is 0.00432. The molecule has 6 rings (SSSR count). The van der Waals surface area contributed by atoms with Crippen LogP contribution in [0.15, 0.2) is 108 Å². The highest BCUT2D eigenvalue weighted by molar-refractivity contribution is 9.08. The fraction of sp³-hybridized carbons (Fsp3) is 0.111. The van der Waals surface area contributed by atoms with Crippen LogP contribution in [0.4, 0.5) is 11.4 Å². The number of ether oxygens (including phenoxy) is 2. The number of hydrogen-bond donors (Lipinski definition) is 2. The van der Waals surface area contributed by atoms with Gasteiger partial charge < -0.3 is 19.7 Å². The van der Waals surface area contributed by atoms with Gasteiger partial charge in [-0.15, -0.1) is 22.7 Å². The molecular weight excluding hydrogens is 792 g/mol. The summed E-state index contributed by atoms with van der Waals surface area (Å²) in [5, 5.41) is 45.2. The van der Waals surface area contributed by atoms with Crippen molar-refractivity contribution in [2.24, 2.45) is 0 Å². The molecule has 2 aromatic heterocycles. The fourth-order valence-electron chi connectivity index (χ4n) is 4.42. The Morgan fingerprint density at radius 2 is 1.25 bits per heavy atom. The van der Waals surface area contributed by atoms with Gasteiger partial charge in [0.05, 0.1) is 32.9 Å². The third kappa shape index (κ3) is 11.5. The number of alkyl halides is 1. The van der Waals surface area contributed by atoms with Crippen molar-refractivity contribution in [2.75, 3.05) is 6.61 Å². The van der Waals surface area contributed by atoms with Crippen LogP contribution in [0.2, 0.25) is 0 Å². The van der Waals surface area contributed by atoms with Crippen molar-refractivity contribution >= 4 is 61.9 Å². The lowest BCUT2D eigenvalue weighted by Crippen LogP contribution is -2.04. The van der Waals surface area contributed by atoms with E-state index in [1.165, 1.54) is 52.3 Å². The predicted molar refractivity (Wildman–Crippen MR) is 203 cm³/mol. The Kier molecular flexibility index (Phi) is 14.6. The fourth-order valence-corrected chi connectivity index (χ4v) is 6.23. The molecule has 4 aromatic carbocycles. The molecule has 0 unspecified atom stereocenters. The smallest absolute Gasteiger partial charge is 0.357 e. The van der Waals surface area contributed by atoms with Crippen molar-refractivity contribution in [2.45, 2.75) is 18.9 Å². The Labute approximate surface area is 318 Å². The second-order valence-electron chi connectivity index (χ2n) is 10.3. The van der Waals surface area contributed by atoms with Crippen LogP contribution in [-0.2, 0) is 16.7 Å². The molecule has 0 aliphatic rings. The number of aromatic hydroxyl groups is 1. The number of rotatable bonds is 11. The Morgan fingerprint density at radius 3 is 1.72 bits per heavy atom. The molecule has 17 heteroatoms. The topological polar surface area (TPSA) is 205 Å². The molecule has 0 bridgehead atoms. The normalized spacial score (nSPS) is 10.2. The quantitative estimate of drug-likeness (QED) is 0.0543. The predicted octanol–water partition coefficient (Wildman–Crippen LogP) is 9.18. The van der Waals surface area contributed by atoms with Gasteiger partial charge in [-0.05, 0) is 54.4 Å². The number of benzene rings is 4. The third-order valence-corrected chi connectivity index (χ3v) is 9.40. The summed E-state index contributed by atoms with van der Waals surface area (Å²) in [5.41, 5.74) is 3.00. The number of aromatic carboxylic acids is 1. The van der Waals surface area contributed by atoms with Crippen molar-refractivity contribution in [3.63, 3.8) is 0 Å². The van der Waals surface area contributed by atoms with Crippen LogP contribution in [0, 0.1) is 20.2 Å². The number of aromatic nitrogens is 2. The second kappa shape index (κ2) is 19.5. The molecule has 53 heavy (non-hydrogen) atoms. The number of phenolic OH excluding ortho intramolecular Hbond substituents is 1. The van der Waals surface area contributed by atoms with Gasteiger partial charge in [0, 0.05) is 22.9 Å². The van der Waals surface area contributed by atoms with E-state index in [-0.39, 0.29) is 35.4 Å². The maximum absolute atomic E-state index is 11.1. The van der Waals surface area contributed by atoms with Gasteiger partial charge in [0.2, 0.25) is 0 Å². The minimum atomic E-state index is -1.07. The van der Waals surface area contributed by atoms with E-state index in [0.29, 0.717) is 50.6 Å². The molecule has 6 aromatic rings. The van der Waals surface area contributed by atoms with Crippen molar-refractivity contribution in [1.82, 2.24) is 9.97 Å². The number of carboxylic acid groups (broad SMARTS) is 1. The average molecular weight is 822 g/mol. The van der Waals surface area contributed by atoms with Gasteiger partial charge in [-0.1, -0.05) is 64.5 Å². The van der Waals surface area contributed by atoms with Crippen molar-refractivity contribution < 1.29 is 39.1 Å². The van der Waals surface area contributed by atoms with Gasteiger partial charge in [0.25, 0.3) is 11.4 Å². The van der Waals surface area contributed by atoms with Crippen molar-refractivity contribution in [3.8, 4) is 33.8 Å². The maximum atomic E-state index is 11.1. The zero-order chi connectivity index (χ0) is 38.3. The number of thiazole rings is 2. The first-order valence-corrected chi connectivity index (χ1v) is 18.2. The van der Waals surface area contributed by atoms with Crippen LogP contribution in [0.5, 0.6) is 11.5 Å². The largest absolute Gasteiger partial charge is 0.508 e. The molecule has 2 N–H and O–H groups in total. The Bertz CT molecular complexity index is 2170. The van der Waals surface area contributed by atoms with E-state index in [9.17, 15) is 29.8 Å². The molecule has 2 heterocycles. The number of hydrogen-bond acceptors (Lipinski definition) is 13. The molecule has 0 radical (unpaired) electrons. The van der Waals surface area contributed by atoms with Gasteiger partial charge in [0.1, 0.15) is 28.1 Å². The highest BCUT2D eigenvalue weighted by Crippen LogP contribution is 2.32. The number of carboxylic acids is 1. The monoisotopic (exact) mass is 820 g/mol. The number of carbonyl (C=O) groups excluding carboxylic acids is 1. The first-order chi connectivity index (χ1) is 25.5. The summed E-state index contributed by atoms with van der Waals surface area (Å²) in [6.07, 6.45) is 0. The van der Waals surface area contributed by atoms with Crippen LogP contribution in [0.3, 0.4) is 0 Å². The van der Waals surface area contributed by atoms with Gasteiger partial charge in [-0.25, -0.2) is 19.6 Å². The molecule has 14 nitrogen and oxygen atoms in total. The second-order valence-corrected chi connectivity index (χ2v) is 12.8. The lowest BCUT2D eigenvalue weighted by atomic mass is 10.0. The standard InChI is InChI=1S/C17H12N2O5S.C12H9NO3.C7H8BrNO2S/c20-17(21)14-10-25-16(18-14)9-24-12-7-5-11(6-8-12)13-3-1-2-4-15(13)19(22)23;14-10-7-5-9(6-8-10)11-3-1-2-4-12(11)13(15)16;1-2-11-7(10)5-4-12-6(3-8)9-5/h1-8,10H,9H2,(H,20,21);1-8,14H;4H,2-3H2,1H3. The van der Waals surface area contributed by atoms with E-state index >= 15 is 0 Å². The van der Waals surface area contributed by atoms with Crippen LogP contribution in [0.25, 0.3) is 22.3 Å². The summed E-state index contributed by atoms with van der Waals surface area (Å²) in [6, 6.07) is 26.2. The minimum Gasteiger partial charge on any atom is -0.508 e. The SMILES string of the molecule is CCOC(=O)c1csc(CBr)n1.O=C(O)c1csc(COc2ccc(-c3ccccc3[N+](=O)[O-])cc2)n1.O=[N+]([O-])c1ccccc1-c1ccc(O)cc1. The van der Waals surface area contributed by atoms with E-state index in [4.69, 9.17) is 19.7 Å². The van der Waals surface area contributed by atoms with Crippen molar-refractivity contribution in [3.05, 3.63) is 149 Å². The molecule has 0 amide bonds. The van der Waals surface area contributed by atoms with E-state index < -0.39 is 15.8 Å². The van der Waals surface area contributed by atoms with Crippen LogP contribution in [-0.4, -0.2) is 48.6 Å². The number of nitro groups is 2. The molecule has 0 spiro atoms. The molecule has 272 valence electrons. The zero-order valence-corrected chi connectivity index (χ0v) is 30.9. The van der Waals surface area contributed by atoms with E-state index in [0.717, 1.165) is 5.01 Å². The van der Waals surface area contributed by atoms with Crippen LogP contribution in [0.1, 0.15) is 37.9 Å². The van der Waals surface area contributed by atoms with Gasteiger partial charge in [-0.2, -0.15) is 0 Å². The number of esters is 1. The average Bonchev–Trinajstić information content (AvgIpc) is 3.86. The van der Waals surface area contributed by atoms with Gasteiger partial charge >= 0.3 is 11.9 Å². The summed E-state index contributed by atoms with van der Waals surface area (Å²) in [4.78, 5) is 51.0. The summed E-state index contributed by atoms with van der Waals surface area (Å²) in [6.45, 7) is 2.32. The highest BCUT2D eigenvalue weighted by atomic mass is 79.9. The summed E-state index contributed by atoms with van der Waals surface area (Å²) >= 11 is 5.91. The van der Waals surface area contributed by atoms with E-state index in [1.807, 2.05) is 0 Å². The number of phenols is 1. The molecular formula is C36H29BrN4O10S2. The molecule has 0 fully saturated rings. The van der Waals surface area contributed by atoms with Crippen LogP contribution >= 0.6 is 38.6 Å². The Balaban J connectivity index is 0.000000192. The lowest BCUT2D eigenvalue weighted by molar-refractivity contribution is -0.384. The number of carbonyl (C=O) groups is 2. The number of nitro benzene ring substituents is 2. The molecule has 0 aliphatic heterocycles. The van der Waals surface area contributed by atoms with Crippen molar-refractivity contribution in [1.29, 1.82) is 0 Å². The molecule has 0 saturated carbocycles. The highest BCUT2D eigenvalue weighted by Gasteiger charge is 2.15. The molecule has 0 saturated heterocycles. The van der Waals surface area contributed by atoms with Gasteiger partial charge in [0.15, 0.2) is 11.4 Å². The molecule has 0 aliphatic carbocycles. The zero-order valence-electron chi connectivity index (χ0n) is 27.7. The number of para-hydroxylation sites is 2. The summed E-state index contributed by atoms with van der Waals surface area (Å²) in [5.74, 6) is -0.714. The maximum Gasteiger partial charge on any atom is 0.357 e. The third-order valence-electron chi connectivity index (χ3n) is 6.83. The molecule has 0 atom stereocenters. The van der Waals surface area contributed by atoms with E-state index in [1.54, 1.807) is 85.1 Å². The lowest BCUT2D eigenvalue weighted by Gasteiger charge is -2.06.